The Morgan fingerprint density at radius 3 is 2.61 bits per heavy atom. The predicted molar refractivity (Wildman–Crippen MR) is 127 cm³/mol. The van der Waals surface area contributed by atoms with Crippen LogP contribution >= 0.6 is 0 Å². The van der Waals surface area contributed by atoms with Gasteiger partial charge in [0.2, 0.25) is 5.91 Å². The minimum Gasteiger partial charge on any atom is -0.393 e. The van der Waals surface area contributed by atoms with Crippen molar-refractivity contribution >= 4 is 5.91 Å². The Kier molecular flexibility index (Phi) is 5.99. The van der Waals surface area contributed by atoms with Gasteiger partial charge in [0, 0.05) is 13.5 Å². The highest BCUT2D eigenvalue weighted by atomic mass is 16.3. The molecule has 0 spiro atoms. The highest BCUT2D eigenvalue weighted by Gasteiger charge is 2.57. The van der Waals surface area contributed by atoms with Gasteiger partial charge in [0.25, 0.3) is 0 Å². The van der Waals surface area contributed by atoms with E-state index in [0.717, 1.165) is 31.7 Å². The van der Waals surface area contributed by atoms with Crippen molar-refractivity contribution in [3.8, 4) is 0 Å². The van der Waals surface area contributed by atoms with Crippen LogP contribution in [0, 0.1) is 34.0 Å². The Labute approximate surface area is 190 Å². The molecule has 1 saturated carbocycles. The molecule has 1 fully saturated rings. The lowest BCUT2D eigenvalue weighted by molar-refractivity contribution is -0.118. The molecule has 6 atom stereocenters. The molecule has 0 bridgehead atoms. The zero-order chi connectivity index (χ0) is 22.6. The SMILES string of the molecule is CC(=O)NCCC[C@@H](C)[C@H]1CC=C2C3=C(CC[C@@]21C)[C@@]1(C)CCC(O)C(C)(C)[C@@H]1CC3. The lowest BCUT2D eigenvalue weighted by Crippen LogP contribution is -2.53. The molecule has 4 rings (SSSR count). The number of hydrogen-bond acceptors (Lipinski definition) is 2. The third-order valence-corrected chi connectivity index (χ3v) is 10.3. The van der Waals surface area contributed by atoms with E-state index >= 15 is 0 Å². The molecular weight excluding hydrogens is 382 g/mol. The quantitative estimate of drug-likeness (QED) is 0.515. The zero-order valence-corrected chi connectivity index (χ0v) is 20.8. The number of carbonyl (C=O) groups is 1. The van der Waals surface area contributed by atoms with Gasteiger partial charge in [-0.3, -0.25) is 4.79 Å². The van der Waals surface area contributed by atoms with Gasteiger partial charge in [-0.25, -0.2) is 0 Å². The molecule has 31 heavy (non-hydrogen) atoms. The summed E-state index contributed by atoms with van der Waals surface area (Å²) >= 11 is 0. The summed E-state index contributed by atoms with van der Waals surface area (Å²) < 4.78 is 0. The van der Waals surface area contributed by atoms with E-state index in [1.807, 2.05) is 0 Å². The van der Waals surface area contributed by atoms with Crippen LogP contribution in [0.3, 0.4) is 0 Å². The molecule has 0 heterocycles. The third kappa shape index (κ3) is 3.63. The minimum absolute atomic E-state index is 0.0152. The Hall–Kier alpha value is -1.09. The molecule has 1 amide bonds. The fraction of sp³-hybridized carbons (Fsp3) is 0.821. The topological polar surface area (TPSA) is 49.3 Å². The Morgan fingerprint density at radius 2 is 1.90 bits per heavy atom. The number of carbonyl (C=O) groups excluding carboxylic acids is 1. The second-order valence-corrected chi connectivity index (χ2v) is 12.3. The fourth-order valence-electron chi connectivity index (χ4n) is 8.47. The van der Waals surface area contributed by atoms with E-state index in [0.29, 0.717) is 17.3 Å². The first-order chi connectivity index (χ1) is 14.5. The molecule has 4 aliphatic carbocycles. The standard InChI is InChI=1S/C28H45NO2/c1-18(8-7-17-29-19(2)30)21-10-11-22-20-9-12-24-26(3,4)25(31)14-16-28(24,6)23(20)13-15-27(21,22)5/h11,18,21,24-25,31H,7-10,12-17H2,1-6H3,(H,29,30)/t18-,21-,24+,25?,27-,28-/m1/s1. The Morgan fingerprint density at radius 1 is 1.16 bits per heavy atom. The van der Waals surface area contributed by atoms with Gasteiger partial charge in [-0.05, 0) is 103 Å². The summed E-state index contributed by atoms with van der Waals surface area (Å²) in [5.41, 5.74) is 5.76. The van der Waals surface area contributed by atoms with Crippen LogP contribution in [0.15, 0.2) is 22.8 Å². The van der Waals surface area contributed by atoms with E-state index in [1.165, 1.54) is 38.5 Å². The fourth-order valence-corrected chi connectivity index (χ4v) is 8.47. The van der Waals surface area contributed by atoms with Crippen LogP contribution in [0.5, 0.6) is 0 Å². The smallest absolute Gasteiger partial charge is 0.216 e. The molecule has 1 unspecified atom stereocenters. The number of nitrogens with one attached hydrogen (secondary N) is 1. The van der Waals surface area contributed by atoms with Crippen molar-refractivity contribution in [1.82, 2.24) is 5.32 Å². The van der Waals surface area contributed by atoms with Gasteiger partial charge in [-0.15, -0.1) is 0 Å². The van der Waals surface area contributed by atoms with E-state index in [2.05, 4.69) is 46.0 Å². The maximum Gasteiger partial charge on any atom is 0.216 e. The first-order valence-corrected chi connectivity index (χ1v) is 12.9. The van der Waals surface area contributed by atoms with Crippen molar-refractivity contribution < 1.29 is 9.90 Å². The van der Waals surface area contributed by atoms with Crippen molar-refractivity contribution in [3.05, 3.63) is 22.8 Å². The third-order valence-electron chi connectivity index (χ3n) is 10.3. The summed E-state index contributed by atoms with van der Waals surface area (Å²) in [7, 11) is 0. The lowest BCUT2D eigenvalue weighted by Gasteiger charge is -2.59. The monoisotopic (exact) mass is 427 g/mol. The minimum atomic E-state index is -0.157. The summed E-state index contributed by atoms with van der Waals surface area (Å²) in [5, 5.41) is 13.7. The van der Waals surface area contributed by atoms with E-state index in [1.54, 1.807) is 23.6 Å². The van der Waals surface area contributed by atoms with E-state index in [4.69, 9.17) is 0 Å². The average Bonchev–Trinajstić information content (AvgIpc) is 3.05. The van der Waals surface area contributed by atoms with Gasteiger partial charge < -0.3 is 10.4 Å². The molecule has 0 saturated heterocycles. The predicted octanol–water partition coefficient (Wildman–Crippen LogP) is 6.18. The molecule has 0 aromatic heterocycles. The largest absolute Gasteiger partial charge is 0.393 e. The van der Waals surface area contributed by atoms with Crippen molar-refractivity contribution in [1.29, 1.82) is 0 Å². The van der Waals surface area contributed by atoms with Crippen LogP contribution < -0.4 is 5.32 Å². The van der Waals surface area contributed by atoms with Gasteiger partial charge in [0.15, 0.2) is 0 Å². The first kappa shape index (κ1) is 23.1. The van der Waals surface area contributed by atoms with Crippen LogP contribution in [0.2, 0.25) is 0 Å². The van der Waals surface area contributed by atoms with Gasteiger partial charge in [-0.1, -0.05) is 46.3 Å². The lowest BCUT2D eigenvalue weighted by atomic mass is 9.46. The van der Waals surface area contributed by atoms with Crippen LogP contribution in [-0.2, 0) is 4.79 Å². The Bertz CT molecular complexity index is 793. The normalized spacial score (nSPS) is 39.8. The summed E-state index contributed by atoms with van der Waals surface area (Å²) in [6.45, 7) is 14.5. The molecule has 0 aliphatic heterocycles. The number of amides is 1. The van der Waals surface area contributed by atoms with Crippen molar-refractivity contribution in [3.63, 3.8) is 0 Å². The van der Waals surface area contributed by atoms with Crippen LogP contribution in [0.1, 0.15) is 99.3 Å². The second kappa shape index (κ2) is 8.04. The van der Waals surface area contributed by atoms with Crippen molar-refractivity contribution in [2.24, 2.45) is 34.0 Å². The maximum atomic E-state index is 11.2. The van der Waals surface area contributed by atoms with Gasteiger partial charge in [0.1, 0.15) is 0 Å². The van der Waals surface area contributed by atoms with Crippen LogP contribution in [-0.4, -0.2) is 23.7 Å². The summed E-state index contributed by atoms with van der Waals surface area (Å²) in [6.07, 6.45) is 13.0. The van der Waals surface area contributed by atoms with Gasteiger partial charge in [-0.2, -0.15) is 0 Å². The number of aliphatic hydroxyl groups is 1. The molecule has 4 aliphatic rings. The molecule has 0 aromatic carbocycles. The number of aliphatic hydroxyl groups excluding tert-OH is 1. The van der Waals surface area contributed by atoms with Crippen molar-refractivity contribution in [2.75, 3.05) is 6.54 Å². The summed E-state index contributed by atoms with van der Waals surface area (Å²) in [6, 6.07) is 0. The molecule has 3 nitrogen and oxygen atoms in total. The zero-order valence-electron chi connectivity index (χ0n) is 20.8. The summed E-state index contributed by atoms with van der Waals surface area (Å²) in [4.78, 5) is 11.2. The number of fused-ring (bicyclic) bond motifs is 4. The van der Waals surface area contributed by atoms with Crippen LogP contribution in [0.25, 0.3) is 0 Å². The summed E-state index contributed by atoms with van der Waals surface area (Å²) in [5.74, 6) is 2.09. The van der Waals surface area contributed by atoms with E-state index < -0.39 is 0 Å². The molecule has 174 valence electrons. The highest BCUT2D eigenvalue weighted by Crippen LogP contribution is 2.66. The average molecular weight is 428 g/mol. The highest BCUT2D eigenvalue weighted by molar-refractivity contribution is 5.72. The van der Waals surface area contributed by atoms with Gasteiger partial charge >= 0.3 is 0 Å². The first-order valence-electron chi connectivity index (χ1n) is 12.9. The van der Waals surface area contributed by atoms with Crippen LogP contribution in [0.4, 0.5) is 0 Å². The second-order valence-electron chi connectivity index (χ2n) is 12.3. The molecule has 0 radical (unpaired) electrons. The van der Waals surface area contributed by atoms with Gasteiger partial charge in [0.05, 0.1) is 6.10 Å². The molecule has 3 heteroatoms. The maximum absolute atomic E-state index is 11.2. The number of rotatable bonds is 5. The number of hydrogen-bond donors (Lipinski definition) is 2. The molecular formula is C28H45NO2. The van der Waals surface area contributed by atoms with E-state index in [-0.39, 0.29) is 22.8 Å². The molecule has 2 N–H and O–H groups in total. The Balaban J connectivity index is 1.54. The van der Waals surface area contributed by atoms with E-state index in [9.17, 15) is 9.90 Å². The molecule has 0 aromatic rings. The van der Waals surface area contributed by atoms with Crippen molar-refractivity contribution in [2.45, 2.75) is 105 Å². The number of allylic oxidation sites excluding steroid dienone is 4.